The number of nitrogens with zero attached hydrogens (tertiary/aromatic N) is 2. The highest BCUT2D eigenvalue weighted by Gasteiger charge is 2.22. The van der Waals surface area contributed by atoms with Gasteiger partial charge in [0.15, 0.2) is 0 Å². The van der Waals surface area contributed by atoms with Crippen LogP contribution < -0.4 is 5.32 Å². The Morgan fingerprint density at radius 1 is 1.50 bits per heavy atom. The zero-order valence-corrected chi connectivity index (χ0v) is 11.1. The first kappa shape index (κ1) is 14.2. The molecule has 0 radical (unpaired) electrons. The highest BCUT2D eigenvalue weighted by atomic mass is 16.4. The third kappa shape index (κ3) is 3.32. The molecule has 1 amide bonds. The molecule has 18 heavy (non-hydrogen) atoms. The number of aliphatic carboxylic acids is 1. The standard InChI is InChI=1S/C12H19N3O3/c1-7(2)9(5-10(16)17)14-12(18)11-8(3)13-6-15(11)4/h6-7,9H,5H2,1-4H3,(H,14,18)(H,16,17)/t9-/m1/s1. The second-order valence-electron chi connectivity index (χ2n) is 4.71. The van der Waals surface area contributed by atoms with E-state index in [1.165, 1.54) is 0 Å². The second-order valence-corrected chi connectivity index (χ2v) is 4.71. The molecule has 6 heteroatoms. The molecule has 1 atom stereocenters. The number of carbonyl (C=O) groups excluding carboxylic acids is 1. The molecule has 0 saturated heterocycles. The van der Waals surface area contributed by atoms with E-state index in [1.807, 2.05) is 13.8 Å². The van der Waals surface area contributed by atoms with Crippen molar-refractivity contribution < 1.29 is 14.7 Å². The van der Waals surface area contributed by atoms with Gasteiger partial charge in [-0.2, -0.15) is 0 Å². The normalized spacial score (nSPS) is 12.5. The van der Waals surface area contributed by atoms with Crippen LogP contribution in [0.3, 0.4) is 0 Å². The Morgan fingerprint density at radius 3 is 2.50 bits per heavy atom. The van der Waals surface area contributed by atoms with E-state index in [0.717, 1.165) is 0 Å². The van der Waals surface area contributed by atoms with Crippen molar-refractivity contribution in [2.24, 2.45) is 13.0 Å². The molecule has 1 rings (SSSR count). The first-order valence-electron chi connectivity index (χ1n) is 5.83. The van der Waals surface area contributed by atoms with Crippen molar-refractivity contribution in [1.29, 1.82) is 0 Å². The van der Waals surface area contributed by atoms with Gasteiger partial charge in [0.1, 0.15) is 5.69 Å². The van der Waals surface area contributed by atoms with Crippen molar-refractivity contribution >= 4 is 11.9 Å². The molecule has 1 heterocycles. The van der Waals surface area contributed by atoms with Gasteiger partial charge in [0.05, 0.1) is 18.4 Å². The Morgan fingerprint density at radius 2 is 2.11 bits per heavy atom. The van der Waals surface area contributed by atoms with Crippen LogP contribution in [0, 0.1) is 12.8 Å². The summed E-state index contributed by atoms with van der Waals surface area (Å²) in [4.78, 5) is 26.9. The fourth-order valence-corrected chi connectivity index (χ4v) is 1.75. The summed E-state index contributed by atoms with van der Waals surface area (Å²) in [5.74, 6) is -1.15. The quantitative estimate of drug-likeness (QED) is 0.818. The van der Waals surface area contributed by atoms with Gasteiger partial charge in [0, 0.05) is 13.1 Å². The number of rotatable bonds is 5. The minimum absolute atomic E-state index is 0.0542. The molecule has 0 unspecified atom stereocenters. The third-order valence-electron chi connectivity index (χ3n) is 2.85. The molecule has 0 saturated carbocycles. The molecular weight excluding hydrogens is 234 g/mol. The van der Waals surface area contributed by atoms with Crippen molar-refractivity contribution in [2.75, 3.05) is 0 Å². The van der Waals surface area contributed by atoms with E-state index in [2.05, 4.69) is 10.3 Å². The summed E-state index contributed by atoms with van der Waals surface area (Å²) in [5.41, 5.74) is 1.10. The summed E-state index contributed by atoms with van der Waals surface area (Å²) in [5, 5.41) is 11.6. The zero-order chi connectivity index (χ0) is 13.9. The fourth-order valence-electron chi connectivity index (χ4n) is 1.75. The molecule has 6 nitrogen and oxygen atoms in total. The number of carbonyl (C=O) groups is 2. The van der Waals surface area contributed by atoms with Crippen molar-refractivity contribution in [3.63, 3.8) is 0 Å². The number of aryl methyl sites for hydroxylation is 2. The maximum absolute atomic E-state index is 12.1. The number of nitrogens with one attached hydrogen (secondary N) is 1. The minimum atomic E-state index is -0.921. The number of hydrogen-bond donors (Lipinski definition) is 2. The van der Waals surface area contributed by atoms with E-state index in [4.69, 9.17) is 5.11 Å². The Bertz CT molecular complexity index is 432. The van der Waals surface area contributed by atoms with E-state index < -0.39 is 5.97 Å². The van der Waals surface area contributed by atoms with Gasteiger partial charge < -0.3 is 15.0 Å². The number of carboxylic acid groups (broad SMARTS) is 1. The number of hydrogen-bond acceptors (Lipinski definition) is 3. The lowest BCUT2D eigenvalue weighted by Crippen LogP contribution is -2.41. The first-order valence-corrected chi connectivity index (χ1v) is 5.83. The van der Waals surface area contributed by atoms with Gasteiger partial charge in [0.25, 0.3) is 5.91 Å². The summed E-state index contributed by atoms with van der Waals surface area (Å²) in [7, 11) is 1.73. The Hall–Kier alpha value is -1.85. The summed E-state index contributed by atoms with van der Waals surface area (Å²) < 4.78 is 1.63. The lowest BCUT2D eigenvalue weighted by atomic mass is 10.0. The molecule has 100 valence electrons. The number of imidazole rings is 1. The number of aromatic nitrogens is 2. The molecule has 0 aliphatic heterocycles. The summed E-state index contributed by atoms with van der Waals surface area (Å²) in [6, 6.07) is -0.385. The SMILES string of the molecule is Cc1ncn(C)c1C(=O)N[C@H](CC(=O)O)C(C)C. The molecule has 1 aromatic rings. The number of amides is 1. The smallest absolute Gasteiger partial charge is 0.305 e. The van der Waals surface area contributed by atoms with E-state index >= 15 is 0 Å². The van der Waals surface area contributed by atoms with E-state index in [-0.39, 0.29) is 24.3 Å². The predicted octanol–water partition coefficient (Wildman–Crippen LogP) is 0.958. The van der Waals surface area contributed by atoms with Gasteiger partial charge in [-0.25, -0.2) is 4.98 Å². The second kappa shape index (κ2) is 5.66. The fraction of sp³-hybridized carbons (Fsp3) is 0.583. The van der Waals surface area contributed by atoms with Gasteiger partial charge in [-0.1, -0.05) is 13.8 Å². The van der Waals surface area contributed by atoms with E-state index in [0.29, 0.717) is 11.4 Å². The number of carboxylic acids is 1. The van der Waals surface area contributed by atoms with E-state index in [1.54, 1.807) is 24.9 Å². The van der Waals surface area contributed by atoms with Gasteiger partial charge >= 0.3 is 5.97 Å². The molecule has 0 aliphatic rings. The van der Waals surface area contributed by atoms with Crippen LogP contribution in [0.15, 0.2) is 6.33 Å². The molecule has 0 bridgehead atoms. The lowest BCUT2D eigenvalue weighted by Gasteiger charge is -2.20. The molecule has 1 aromatic heterocycles. The summed E-state index contributed by atoms with van der Waals surface area (Å²) in [6.07, 6.45) is 1.48. The Kier molecular flexibility index (Phi) is 4.47. The van der Waals surface area contributed by atoms with Crippen molar-refractivity contribution in [2.45, 2.75) is 33.2 Å². The van der Waals surface area contributed by atoms with Crippen LogP contribution in [0.2, 0.25) is 0 Å². The van der Waals surface area contributed by atoms with Crippen molar-refractivity contribution in [3.8, 4) is 0 Å². The third-order valence-corrected chi connectivity index (χ3v) is 2.85. The molecule has 2 N–H and O–H groups in total. The Balaban J connectivity index is 2.82. The Labute approximate surface area is 106 Å². The zero-order valence-electron chi connectivity index (χ0n) is 11.1. The average Bonchev–Trinajstić information content (AvgIpc) is 2.56. The summed E-state index contributed by atoms with van der Waals surface area (Å²) >= 11 is 0. The van der Waals surface area contributed by atoms with Crippen molar-refractivity contribution in [1.82, 2.24) is 14.9 Å². The first-order chi connectivity index (χ1) is 8.32. The maximum atomic E-state index is 12.1. The van der Waals surface area contributed by atoms with Crippen LogP contribution in [0.25, 0.3) is 0 Å². The highest BCUT2D eigenvalue weighted by Crippen LogP contribution is 2.10. The predicted molar refractivity (Wildman–Crippen MR) is 66.3 cm³/mol. The van der Waals surface area contributed by atoms with Gasteiger partial charge in [-0.15, -0.1) is 0 Å². The topological polar surface area (TPSA) is 84.2 Å². The molecule has 0 fully saturated rings. The van der Waals surface area contributed by atoms with Gasteiger partial charge in [-0.3, -0.25) is 9.59 Å². The van der Waals surface area contributed by atoms with Crippen LogP contribution in [0.1, 0.15) is 36.5 Å². The average molecular weight is 253 g/mol. The van der Waals surface area contributed by atoms with Crippen LogP contribution in [-0.4, -0.2) is 32.6 Å². The van der Waals surface area contributed by atoms with Crippen LogP contribution >= 0.6 is 0 Å². The molecule has 0 spiro atoms. The molecule has 0 aromatic carbocycles. The lowest BCUT2D eigenvalue weighted by molar-refractivity contribution is -0.137. The highest BCUT2D eigenvalue weighted by molar-refractivity contribution is 5.94. The summed E-state index contributed by atoms with van der Waals surface area (Å²) in [6.45, 7) is 5.50. The molecular formula is C12H19N3O3. The van der Waals surface area contributed by atoms with Crippen LogP contribution in [-0.2, 0) is 11.8 Å². The van der Waals surface area contributed by atoms with Crippen LogP contribution in [0.4, 0.5) is 0 Å². The largest absolute Gasteiger partial charge is 0.481 e. The van der Waals surface area contributed by atoms with E-state index in [9.17, 15) is 9.59 Å². The monoisotopic (exact) mass is 253 g/mol. The minimum Gasteiger partial charge on any atom is -0.481 e. The maximum Gasteiger partial charge on any atom is 0.305 e. The van der Waals surface area contributed by atoms with Gasteiger partial charge in [-0.05, 0) is 12.8 Å². The van der Waals surface area contributed by atoms with Crippen LogP contribution in [0.5, 0.6) is 0 Å². The molecule has 0 aliphatic carbocycles. The van der Waals surface area contributed by atoms with Crippen molar-refractivity contribution in [3.05, 3.63) is 17.7 Å². The van der Waals surface area contributed by atoms with Gasteiger partial charge in [0.2, 0.25) is 0 Å².